The summed E-state index contributed by atoms with van der Waals surface area (Å²) in [4.78, 5) is 10.8. The number of sulfonamides is 1. The van der Waals surface area contributed by atoms with Gasteiger partial charge in [0.1, 0.15) is 9.09 Å². The minimum absolute atomic E-state index is 0.0181. The maximum absolute atomic E-state index is 12.2. The third-order valence-corrected chi connectivity index (χ3v) is 6.52. The molecule has 2 saturated heterocycles. The molecule has 19 heavy (non-hydrogen) atoms. The van der Waals surface area contributed by atoms with Crippen molar-refractivity contribution in [2.24, 2.45) is 0 Å². The molecule has 3 rings (SSSR count). The number of rotatable bonds is 4. The van der Waals surface area contributed by atoms with E-state index in [-0.39, 0.29) is 27.3 Å². The smallest absolute Gasteiger partial charge is 0.345 e. The number of carboxylic acid groups (broad SMARTS) is 1. The van der Waals surface area contributed by atoms with Crippen LogP contribution in [0.3, 0.4) is 0 Å². The highest BCUT2D eigenvalue weighted by atomic mass is 32.2. The fraction of sp³-hybridized carbons (Fsp3) is 0.545. The van der Waals surface area contributed by atoms with Crippen molar-refractivity contribution in [1.82, 2.24) is 4.72 Å². The van der Waals surface area contributed by atoms with Crippen LogP contribution in [0.15, 0.2) is 16.3 Å². The van der Waals surface area contributed by atoms with Gasteiger partial charge in [0.15, 0.2) is 0 Å². The van der Waals surface area contributed by atoms with Crippen LogP contribution in [-0.4, -0.2) is 37.7 Å². The molecule has 0 aliphatic carbocycles. The van der Waals surface area contributed by atoms with Gasteiger partial charge in [-0.3, -0.25) is 0 Å². The zero-order chi connectivity index (χ0) is 13.6. The Morgan fingerprint density at radius 2 is 2.21 bits per heavy atom. The molecule has 0 aromatic carbocycles. The Bertz CT molecular complexity index is 608. The number of nitrogens with one attached hydrogen (secondary N) is 1. The Kier molecular flexibility index (Phi) is 3.12. The lowest BCUT2D eigenvalue weighted by molar-refractivity contribution is 0.0702. The summed E-state index contributed by atoms with van der Waals surface area (Å²) in [6, 6.07) is 2.43. The largest absolute Gasteiger partial charge is 0.477 e. The van der Waals surface area contributed by atoms with Gasteiger partial charge >= 0.3 is 5.97 Å². The third-order valence-electron chi connectivity index (χ3n) is 3.47. The van der Waals surface area contributed by atoms with Gasteiger partial charge in [0.05, 0.1) is 18.2 Å². The summed E-state index contributed by atoms with van der Waals surface area (Å²) < 4.78 is 32.5. The summed E-state index contributed by atoms with van der Waals surface area (Å²) in [7, 11) is -3.65. The SMILES string of the molecule is O=C(O)c1ccc(S(=O)(=O)NC2CC3CCC2O3)s1. The van der Waals surface area contributed by atoms with Crippen molar-refractivity contribution in [2.45, 2.75) is 41.7 Å². The molecule has 1 aromatic rings. The Morgan fingerprint density at radius 1 is 1.42 bits per heavy atom. The molecule has 8 heteroatoms. The molecule has 0 saturated carbocycles. The van der Waals surface area contributed by atoms with Crippen LogP contribution < -0.4 is 4.72 Å². The van der Waals surface area contributed by atoms with Gasteiger partial charge in [-0.25, -0.2) is 17.9 Å². The van der Waals surface area contributed by atoms with E-state index in [0.29, 0.717) is 6.42 Å². The van der Waals surface area contributed by atoms with Crippen molar-refractivity contribution in [3.63, 3.8) is 0 Å². The normalized spacial score (nSPS) is 29.8. The monoisotopic (exact) mass is 303 g/mol. The Hall–Kier alpha value is -0.960. The first-order valence-electron chi connectivity index (χ1n) is 5.96. The van der Waals surface area contributed by atoms with Gasteiger partial charge in [0.25, 0.3) is 0 Å². The molecule has 2 aliphatic rings. The minimum Gasteiger partial charge on any atom is -0.477 e. The molecule has 3 atom stereocenters. The van der Waals surface area contributed by atoms with Crippen LogP contribution in [-0.2, 0) is 14.8 Å². The van der Waals surface area contributed by atoms with Gasteiger partial charge in [-0.15, -0.1) is 11.3 Å². The van der Waals surface area contributed by atoms with Crippen LogP contribution in [0.5, 0.6) is 0 Å². The van der Waals surface area contributed by atoms with Crippen molar-refractivity contribution in [3.05, 3.63) is 17.0 Å². The predicted molar refractivity (Wildman–Crippen MR) is 67.9 cm³/mol. The van der Waals surface area contributed by atoms with Gasteiger partial charge in [-0.05, 0) is 31.4 Å². The number of thiophene rings is 1. The number of carboxylic acids is 1. The second-order valence-corrected chi connectivity index (χ2v) is 7.79. The Labute approximate surface area is 114 Å². The molecule has 3 heterocycles. The highest BCUT2D eigenvalue weighted by molar-refractivity contribution is 7.91. The molecule has 2 fully saturated rings. The second-order valence-electron chi connectivity index (χ2n) is 4.76. The molecule has 1 aromatic heterocycles. The highest BCUT2D eigenvalue weighted by Crippen LogP contribution is 2.35. The molecule has 2 aliphatic heterocycles. The molecular weight excluding hydrogens is 290 g/mol. The van der Waals surface area contributed by atoms with Gasteiger partial charge in [-0.1, -0.05) is 0 Å². The van der Waals surface area contributed by atoms with E-state index in [0.717, 1.165) is 24.2 Å². The molecule has 2 N–H and O–H groups in total. The van der Waals surface area contributed by atoms with Crippen molar-refractivity contribution in [1.29, 1.82) is 0 Å². The topological polar surface area (TPSA) is 92.7 Å². The summed E-state index contributed by atoms with van der Waals surface area (Å²) in [6.07, 6.45) is 2.68. The van der Waals surface area contributed by atoms with Crippen molar-refractivity contribution in [3.8, 4) is 0 Å². The van der Waals surface area contributed by atoms with E-state index in [4.69, 9.17) is 9.84 Å². The van der Waals surface area contributed by atoms with Crippen LogP contribution in [0.1, 0.15) is 28.9 Å². The molecule has 0 spiro atoms. The Morgan fingerprint density at radius 3 is 2.74 bits per heavy atom. The van der Waals surface area contributed by atoms with Gasteiger partial charge in [0, 0.05) is 0 Å². The zero-order valence-electron chi connectivity index (χ0n) is 9.90. The maximum Gasteiger partial charge on any atom is 0.345 e. The van der Waals surface area contributed by atoms with E-state index in [1.807, 2.05) is 0 Å². The Balaban J connectivity index is 1.77. The molecule has 0 amide bonds. The summed E-state index contributed by atoms with van der Waals surface area (Å²) in [5.74, 6) is -1.12. The number of ether oxygens (including phenoxy) is 1. The van der Waals surface area contributed by atoms with Crippen LogP contribution in [0.2, 0.25) is 0 Å². The van der Waals surface area contributed by atoms with E-state index in [1.165, 1.54) is 12.1 Å². The molecule has 6 nitrogen and oxygen atoms in total. The predicted octanol–water partition coefficient (Wildman–Crippen LogP) is 1.04. The lowest BCUT2D eigenvalue weighted by atomic mass is 9.96. The molecule has 3 unspecified atom stereocenters. The van der Waals surface area contributed by atoms with E-state index in [2.05, 4.69) is 4.72 Å². The first kappa shape index (κ1) is 13.0. The van der Waals surface area contributed by atoms with Crippen molar-refractivity contribution >= 4 is 27.3 Å². The van der Waals surface area contributed by atoms with E-state index < -0.39 is 16.0 Å². The first-order valence-corrected chi connectivity index (χ1v) is 8.26. The molecule has 2 bridgehead atoms. The van der Waals surface area contributed by atoms with Crippen molar-refractivity contribution in [2.75, 3.05) is 0 Å². The third kappa shape index (κ3) is 2.40. The van der Waals surface area contributed by atoms with E-state index >= 15 is 0 Å². The fourth-order valence-electron chi connectivity index (χ4n) is 2.60. The lowest BCUT2D eigenvalue weighted by Crippen LogP contribution is -2.41. The summed E-state index contributed by atoms with van der Waals surface area (Å²) in [5.41, 5.74) is 0. The number of carbonyl (C=O) groups is 1. The van der Waals surface area contributed by atoms with Gasteiger partial charge in [0.2, 0.25) is 10.0 Å². The van der Waals surface area contributed by atoms with Crippen LogP contribution in [0, 0.1) is 0 Å². The van der Waals surface area contributed by atoms with Crippen molar-refractivity contribution < 1.29 is 23.1 Å². The minimum atomic E-state index is -3.65. The lowest BCUT2D eigenvalue weighted by Gasteiger charge is -2.19. The summed E-state index contributed by atoms with van der Waals surface area (Å²) >= 11 is 0.761. The van der Waals surface area contributed by atoms with Crippen LogP contribution in [0.4, 0.5) is 0 Å². The molecule has 0 radical (unpaired) electrons. The fourth-order valence-corrected chi connectivity index (χ4v) is 5.04. The molecular formula is C11H13NO5S2. The second kappa shape index (κ2) is 4.55. The van der Waals surface area contributed by atoms with E-state index in [9.17, 15) is 13.2 Å². The number of hydrogen-bond donors (Lipinski definition) is 2. The standard InChI is InChI=1S/C11H13NO5S2/c13-11(14)9-3-4-10(18-9)19(15,16)12-7-5-6-1-2-8(7)17-6/h3-4,6-8,12H,1-2,5H2,(H,13,14). The average Bonchev–Trinajstić information content (AvgIpc) is 3.04. The highest BCUT2D eigenvalue weighted by Gasteiger charge is 2.42. The van der Waals surface area contributed by atoms with E-state index in [1.54, 1.807) is 0 Å². The number of fused-ring (bicyclic) bond motifs is 2. The van der Waals surface area contributed by atoms with Gasteiger partial charge < -0.3 is 9.84 Å². The summed E-state index contributed by atoms with van der Waals surface area (Å²) in [6.45, 7) is 0. The maximum atomic E-state index is 12.2. The van der Waals surface area contributed by atoms with Crippen LogP contribution in [0.25, 0.3) is 0 Å². The number of hydrogen-bond acceptors (Lipinski definition) is 5. The summed E-state index contributed by atoms with van der Waals surface area (Å²) in [5, 5.41) is 8.81. The number of aromatic carboxylic acids is 1. The quantitative estimate of drug-likeness (QED) is 0.867. The van der Waals surface area contributed by atoms with Crippen LogP contribution >= 0.6 is 11.3 Å². The van der Waals surface area contributed by atoms with Gasteiger partial charge in [-0.2, -0.15) is 0 Å². The first-order chi connectivity index (χ1) is 8.95. The molecule has 104 valence electrons. The zero-order valence-corrected chi connectivity index (χ0v) is 11.5. The average molecular weight is 303 g/mol.